The number of rotatable bonds is 5. The normalized spacial score (nSPS) is 15.4. The second kappa shape index (κ2) is 7.92. The Labute approximate surface area is 166 Å². The first-order chi connectivity index (χ1) is 13.1. The van der Waals surface area contributed by atoms with Crippen molar-refractivity contribution in [2.24, 2.45) is 0 Å². The van der Waals surface area contributed by atoms with Crippen LogP contribution in [-0.2, 0) is 13.0 Å². The van der Waals surface area contributed by atoms with Gasteiger partial charge in [0, 0.05) is 31.1 Å². The van der Waals surface area contributed by atoms with Crippen molar-refractivity contribution < 1.29 is 9.32 Å². The van der Waals surface area contributed by atoms with Crippen LogP contribution in [0.25, 0.3) is 10.7 Å². The fraction of sp³-hybridized carbons (Fsp3) is 0.421. The molecule has 1 saturated heterocycles. The summed E-state index contributed by atoms with van der Waals surface area (Å²) >= 11 is 3.23. The highest BCUT2D eigenvalue weighted by Crippen LogP contribution is 2.25. The molecule has 1 aliphatic heterocycles. The lowest BCUT2D eigenvalue weighted by atomic mass is 10.2. The Morgan fingerprint density at radius 1 is 1.30 bits per heavy atom. The SMILES string of the molecule is CCc1sc(C(=O)N2CCN(Cc3nc(-c4cccs4)no3)CC2)cc1C. The largest absolute Gasteiger partial charge is 0.338 e. The summed E-state index contributed by atoms with van der Waals surface area (Å²) in [6.45, 7) is 7.91. The van der Waals surface area contributed by atoms with Crippen molar-refractivity contribution in [2.45, 2.75) is 26.8 Å². The fourth-order valence-electron chi connectivity index (χ4n) is 3.26. The topological polar surface area (TPSA) is 62.5 Å². The molecule has 6 nitrogen and oxygen atoms in total. The number of aryl methyl sites for hydroxylation is 2. The lowest BCUT2D eigenvalue weighted by Crippen LogP contribution is -2.48. The van der Waals surface area contributed by atoms with E-state index in [2.05, 4.69) is 28.9 Å². The van der Waals surface area contributed by atoms with Gasteiger partial charge in [0.15, 0.2) is 0 Å². The van der Waals surface area contributed by atoms with E-state index in [1.807, 2.05) is 28.5 Å². The maximum Gasteiger partial charge on any atom is 0.264 e. The van der Waals surface area contributed by atoms with Crippen LogP contribution in [0.15, 0.2) is 28.1 Å². The molecule has 0 aliphatic carbocycles. The average molecular weight is 403 g/mol. The van der Waals surface area contributed by atoms with Crippen LogP contribution in [0.1, 0.15) is 32.9 Å². The van der Waals surface area contributed by atoms with Crippen molar-refractivity contribution in [1.29, 1.82) is 0 Å². The molecule has 4 rings (SSSR count). The van der Waals surface area contributed by atoms with E-state index in [0.717, 1.165) is 42.4 Å². The molecule has 0 unspecified atom stereocenters. The van der Waals surface area contributed by atoms with Crippen LogP contribution in [0.5, 0.6) is 0 Å². The van der Waals surface area contributed by atoms with E-state index < -0.39 is 0 Å². The molecule has 1 aliphatic rings. The zero-order valence-electron chi connectivity index (χ0n) is 15.5. The minimum Gasteiger partial charge on any atom is -0.338 e. The van der Waals surface area contributed by atoms with Gasteiger partial charge >= 0.3 is 0 Å². The molecule has 1 amide bonds. The molecular formula is C19H22N4O2S2. The summed E-state index contributed by atoms with van der Waals surface area (Å²) in [5.74, 6) is 1.42. The fourth-order valence-corrected chi connectivity index (χ4v) is 4.99. The van der Waals surface area contributed by atoms with Crippen molar-refractivity contribution >= 4 is 28.6 Å². The summed E-state index contributed by atoms with van der Waals surface area (Å²) in [4.78, 5) is 24.6. The van der Waals surface area contributed by atoms with Crippen molar-refractivity contribution in [3.05, 3.63) is 44.8 Å². The highest BCUT2D eigenvalue weighted by atomic mass is 32.1. The molecule has 0 bridgehead atoms. The molecular weight excluding hydrogens is 380 g/mol. The molecule has 0 spiro atoms. The van der Waals surface area contributed by atoms with Crippen LogP contribution in [-0.4, -0.2) is 52.0 Å². The lowest BCUT2D eigenvalue weighted by molar-refractivity contribution is 0.0619. The van der Waals surface area contributed by atoms with Gasteiger partial charge in [0.25, 0.3) is 5.91 Å². The molecule has 8 heteroatoms. The third kappa shape index (κ3) is 3.97. The molecule has 0 aromatic carbocycles. The van der Waals surface area contributed by atoms with Gasteiger partial charge in [-0.1, -0.05) is 18.1 Å². The molecule has 0 atom stereocenters. The van der Waals surface area contributed by atoms with Crippen molar-refractivity contribution in [1.82, 2.24) is 19.9 Å². The summed E-state index contributed by atoms with van der Waals surface area (Å²) in [5, 5.41) is 6.06. The quantitative estimate of drug-likeness (QED) is 0.651. The van der Waals surface area contributed by atoms with Crippen LogP contribution in [0.4, 0.5) is 0 Å². The van der Waals surface area contributed by atoms with Crippen LogP contribution in [0, 0.1) is 6.92 Å². The van der Waals surface area contributed by atoms with Gasteiger partial charge in [0.1, 0.15) is 0 Å². The van der Waals surface area contributed by atoms with Crippen molar-refractivity contribution in [3.63, 3.8) is 0 Å². The predicted octanol–water partition coefficient (Wildman–Crippen LogP) is 3.69. The first-order valence-electron chi connectivity index (χ1n) is 9.11. The van der Waals surface area contributed by atoms with Crippen LogP contribution < -0.4 is 0 Å². The molecule has 0 radical (unpaired) electrons. The Hall–Kier alpha value is -2.03. The third-order valence-corrected chi connectivity index (χ3v) is 7.02. The second-order valence-corrected chi connectivity index (χ2v) is 8.71. The van der Waals surface area contributed by atoms with Gasteiger partial charge in [-0.25, -0.2) is 0 Å². The molecule has 4 heterocycles. The zero-order chi connectivity index (χ0) is 18.8. The Kier molecular flexibility index (Phi) is 5.38. The number of thiophene rings is 2. The maximum absolute atomic E-state index is 12.8. The third-order valence-electron chi connectivity index (χ3n) is 4.78. The van der Waals surface area contributed by atoms with Crippen LogP contribution >= 0.6 is 22.7 Å². The smallest absolute Gasteiger partial charge is 0.264 e. The number of hydrogen-bond donors (Lipinski definition) is 0. The summed E-state index contributed by atoms with van der Waals surface area (Å²) < 4.78 is 5.39. The number of piperazine rings is 1. The lowest BCUT2D eigenvalue weighted by Gasteiger charge is -2.33. The summed E-state index contributed by atoms with van der Waals surface area (Å²) in [6.07, 6.45) is 0.981. The van der Waals surface area contributed by atoms with E-state index in [0.29, 0.717) is 18.3 Å². The van der Waals surface area contributed by atoms with Gasteiger partial charge in [0.05, 0.1) is 16.3 Å². The van der Waals surface area contributed by atoms with Crippen molar-refractivity contribution in [2.75, 3.05) is 26.2 Å². The summed E-state index contributed by atoms with van der Waals surface area (Å²) in [5.41, 5.74) is 1.22. The number of carbonyl (C=O) groups is 1. The van der Waals surface area contributed by atoms with E-state index in [9.17, 15) is 4.79 Å². The number of nitrogens with zero attached hydrogens (tertiary/aromatic N) is 4. The minimum atomic E-state index is 0.153. The van der Waals surface area contributed by atoms with Crippen molar-refractivity contribution in [3.8, 4) is 10.7 Å². The van der Waals surface area contributed by atoms with Gasteiger partial charge in [-0.3, -0.25) is 9.69 Å². The highest BCUT2D eigenvalue weighted by molar-refractivity contribution is 7.14. The minimum absolute atomic E-state index is 0.153. The first kappa shape index (κ1) is 18.3. The molecule has 3 aromatic rings. The molecule has 0 saturated carbocycles. The Morgan fingerprint density at radius 3 is 2.78 bits per heavy atom. The van der Waals surface area contributed by atoms with Gasteiger partial charge < -0.3 is 9.42 Å². The van der Waals surface area contributed by atoms with E-state index in [1.54, 1.807) is 22.7 Å². The molecule has 3 aromatic heterocycles. The second-order valence-electron chi connectivity index (χ2n) is 6.63. The molecule has 27 heavy (non-hydrogen) atoms. The zero-order valence-corrected chi connectivity index (χ0v) is 17.1. The number of carbonyl (C=O) groups excluding carboxylic acids is 1. The average Bonchev–Trinajstić information content (AvgIpc) is 3.42. The van der Waals surface area contributed by atoms with E-state index in [4.69, 9.17) is 4.52 Å². The highest BCUT2D eigenvalue weighted by Gasteiger charge is 2.25. The van der Waals surface area contributed by atoms with Gasteiger partial charge in [-0.05, 0) is 36.4 Å². The molecule has 0 N–H and O–H groups in total. The Balaban J connectivity index is 1.33. The van der Waals surface area contributed by atoms with E-state index >= 15 is 0 Å². The summed E-state index contributed by atoms with van der Waals surface area (Å²) in [7, 11) is 0. The number of amides is 1. The van der Waals surface area contributed by atoms with Gasteiger partial charge in [0.2, 0.25) is 11.7 Å². The monoisotopic (exact) mass is 402 g/mol. The van der Waals surface area contributed by atoms with E-state index in [-0.39, 0.29) is 5.91 Å². The number of aromatic nitrogens is 2. The Morgan fingerprint density at radius 2 is 2.11 bits per heavy atom. The maximum atomic E-state index is 12.8. The standard InChI is InChI=1S/C19H22N4O2S2/c1-3-14-13(2)11-16(27-14)19(24)23-8-6-22(7-9-23)12-17-20-18(21-25-17)15-5-4-10-26-15/h4-5,10-11H,3,6-9,12H2,1-2H3. The Bertz CT molecular complexity index is 908. The van der Waals surface area contributed by atoms with Crippen LogP contribution in [0.2, 0.25) is 0 Å². The first-order valence-corrected chi connectivity index (χ1v) is 10.8. The predicted molar refractivity (Wildman–Crippen MR) is 107 cm³/mol. The van der Waals surface area contributed by atoms with E-state index in [1.165, 1.54) is 10.4 Å². The summed E-state index contributed by atoms with van der Waals surface area (Å²) in [6, 6.07) is 5.99. The van der Waals surface area contributed by atoms with Gasteiger partial charge in [-0.15, -0.1) is 22.7 Å². The van der Waals surface area contributed by atoms with Gasteiger partial charge in [-0.2, -0.15) is 4.98 Å². The number of hydrogen-bond acceptors (Lipinski definition) is 7. The molecule has 142 valence electrons. The van der Waals surface area contributed by atoms with Crippen LogP contribution in [0.3, 0.4) is 0 Å². The molecule has 1 fully saturated rings.